The summed E-state index contributed by atoms with van der Waals surface area (Å²) >= 11 is 14.3. The molecule has 0 radical (unpaired) electrons. The molecule has 6 aromatic carbocycles. The number of rotatable bonds is 21. The Kier molecular flexibility index (Phi) is 27.0. The standard InChI is InChI=1S/C85H97Cl2N7O24/c1-5-41(20-38(2)3)80(108)93-72-60(99)29-48(32-68(102)90-85(112)89-49-9-11-51(12-10-49)114-19-17-88-16-18-113-4)81(109)91-70-47-30-65(115-63-14-7-43(74(72)103)27-56(63)86)79(118-84-78(107)77(106)76(105)67(37-95)117-84)66(31-47)116-64-15-8-44(28-57(64)87)75(104)73-83(111)92-71(62(101)35-52-45-22-39-21-40(24-45)25-46(52)23-39)55-33-50(96)34-59(98)69(55)54-26-42(6-13-58(54)97)53(36-61(70)100)82(110)94-73/h6-15,26-28,30-31,33-34,38-41,45-46,48,52-53,67,70-78,84,88,95-98,103-107H,5,16-25,29,32,35-37H2,1-4H3,(H,91,109)(H,92,111)(H,93,108)(H,94,110)(H2,89,90,102,112)/t39?,40?,41-,45?,46?,48+,52?,53-,67-,70-,71+,72+,73+,74-,75-,76-,77+,78-,84+/m1/s1. The number of phenolic OH excluding ortho intramolecular Hbond substituents is 3. The van der Waals surface area contributed by atoms with Crippen LogP contribution in [0.1, 0.15) is 149 Å². The fraction of sp³-hybridized carbons (Fsp3) is 0.471. The Balaban J connectivity index is 0.967. The van der Waals surface area contributed by atoms with Gasteiger partial charge in [-0.15, -0.1) is 0 Å². The number of phenols is 3. The summed E-state index contributed by atoms with van der Waals surface area (Å²) in [6, 6.07) is 12.0. The third-order valence-electron chi connectivity index (χ3n) is 23.5. The number of aromatic hydroxyl groups is 3. The number of ketones is 3. The summed E-state index contributed by atoms with van der Waals surface area (Å²) < 4.78 is 36.4. The molecule has 16 rings (SSSR count). The lowest BCUT2D eigenvalue weighted by atomic mass is 9.51. The molecule has 31 nitrogen and oxygen atoms in total. The number of carbonyl (C=O) groups excluding carboxylic acids is 9. The second-order valence-electron chi connectivity index (χ2n) is 32.1. The normalized spacial score (nSPS) is 27.6. The van der Waals surface area contributed by atoms with Crippen LogP contribution in [0.15, 0.2) is 103 Å². The van der Waals surface area contributed by atoms with E-state index in [1.165, 1.54) is 54.6 Å². The number of aliphatic hydroxyl groups is 6. The van der Waals surface area contributed by atoms with Gasteiger partial charge in [-0.25, -0.2) is 4.79 Å². The van der Waals surface area contributed by atoms with Crippen molar-refractivity contribution in [1.29, 1.82) is 0 Å². The van der Waals surface area contributed by atoms with Crippen LogP contribution < -0.4 is 56.2 Å². The number of fused-ring (bicyclic) bond motifs is 15. The minimum Gasteiger partial charge on any atom is -0.508 e. The van der Waals surface area contributed by atoms with Crippen molar-refractivity contribution in [3.8, 4) is 62.9 Å². The lowest BCUT2D eigenvalue weighted by Crippen LogP contribution is -2.60. The van der Waals surface area contributed by atoms with Crippen molar-refractivity contribution in [1.82, 2.24) is 31.9 Å². The van der Waals surface area contributed by atoms with Gasteiger partial charge in [-0.3, -0.25) is 43.7 Å². The van der Waals surface area contributed by atoms with E-state index in [1.807, 2.05) is 13.8 Å². The van der Waals surface area contributed by atoms with Gasteiger partial charge in [-0.2, -0.15) is 0 Å². The Morgan fingerprint density at radius 2 is 1.29 bits per heavy atom. The van der Waals surface area contributed by atoms with Gasteiger partial charge >= 0.3 is 6.03 Å². The third kappa shape index (κ3) is 19.1. The molecule has 0 aromatic heterocycles. The number of urea groups is 1. The summed E-state index contributed by atoms with van der Waals surface area (Å²) in [6.07, 6.45) is -11.9. The summed E-state index contributed by atoms with van der Waals surface area (Å²) in [7, 11) is 1.58. The zero-order valence-electron chi connectivity index (χ0n) is 65.1. The smallest absolute Gasteiger partial charge is 0.325 e. The first-order valence-electron chi connectivity index (χ1n) is 39.6. The van der Waals surface area contributed by atoms with E-state index in [4.69, 9.17) is 51.6 Å². The van der Waals surface area contributed by atoms with Gasteiger partial charge in [0.1, 0.15) is 102 Å². The highest BCUT2D eigenvalue weighted by Gasteiger charge is 2.51. The number of nitrogens with one attached hydrogen (secondary N) is 7. The second-order valence-corrected chi connectivity index (χ2v) is 32.9. The first-order valence-corrected chi connectivity index (χ1v) is 40.4. The SMILES string of the molecule is CC[C@H](CC(C)C)C(=O)N[C@H]1C(=O)C[C@@H](CC(=O)NC(=O)Nc2ccc(OCCNCCOC)cc2)C(=O)N[C@H]2C(=O)C[C@H]3C(=O)N[C@H](C(=O)N[C@H](C(=O)CC4C5CC6CC(C5)CC4C6)c4cc(O)cc(O)c4-c4cc3ccc4O)[C@H](O)c3ccc(c(Cl)c3)Oc3cc2cc(c3O[C@@H]2O[C@H](CO)[C@@H](O)[C@H](O)[C@H]2O)Oc2ccc(cc2Cl)[C@H]1O. The summed E-state index contributed by atoms with van der Waals surface area (Å²) in [5, 5.41) is 123. The van der Waals surface area contributed by atoms with Crippen LogP contribution in [0.2, 0.25) is 10.0 Å². The molecule has 118 heavy (non-hydrogen) atoms. The Morgan fingerprint density at radius 3 is 1.92 bits per heavy atom. The number of ether oxygens (including phenoxy) is 6. The highest BCUT2D eigenvalue weighted by atomic mass is 35.5. The van der Waals surface area contributed by atoms with Crippen molar-refractivity contribution >= 4 is 81.8 Å². The van der Waals surface area contributed by atoms with Crippen LogP contribution >= 0.6 is 23.2 Å². The molecular weight excluding hydrogens is 1570 g/mol. The lowest BCUT2D eigenvalue weighted by molar-refractivity contribution is -0.277. The quantitative estimate of drug-likeness (QED) is 0.0307. The van der Waals surface area contributed by atoms with E-state index in [2.05, 4.69) is 37.2 Å². The fourth-order valence-electron chi connectivity index (χ4n) is 17.7. The van der Waals surface area contributed by atoms with E-state index < -0.39 is 198 Å². The molecule has 0 unspecified atom stereocenters. The zero-order chi connectivity index (χ0) is 84.2. The Morgan fingerprint density at radius 1 is 0.644 bits per heavy atom. The van der Waals surface area contributed by atoms with Gasteiger partial charge in [0.2, 0.25) is 41.6 Å². The molecule has 10 aliphatic rings. The monoisotopic (exact) mass is 1670 g/mol. The number of benzene rings is 6. The van der Waals surface area contributed by atoms with E-state index in [0.717, 1.165) is 68.5 Å². The number of carbonyl (C=O) groups is 9. The second kappa shape index (κ2) is 37.1. The molecule has 33 heteroatoms. The third-order valence-corrected chi connectivity index (χ3v) is 24.1. The fourth-order valence-corrected chi connectivity index (χ4v) is 18.2. The van der Waals surface area contributed by atoms with Gasteiger partial charge in [0, 0.05) is 74.7 Å². The predicted octanol–water partition coefficient (Wildman–Crippen LogP) is 7.71. The number of aliphatic hydroxyl groups excluding tert-OH is 6. The van der Waals surface area contributed by atoms with Gasteiger partial charge in [0.25, 0.3) is 0 Å². The van der Waals surface area contributed by atoms with Crippen molar-refractivity contribution in [2.24, 2.45) is 47.3 Å². The molecular formula is C85H97Cl2N7O24. The number of hydrogen-bond acceptors (Lipinski definition) is 25. The van der Waals surface area contributed by atoms with Crippen LogP contribution in [0.4, 0.5) is 10.5 Å². The maximum Gasteiger partial charge on any atom is 0.325 e. The van der Waals surface area contributed by atoms with Gasteiger partial charge in [0.05, 0.1) is 35.1 Å². The maximum absolute atomic E-state index is 16.6. The molecule has 7 amide bonds. The summed E-state index contributed by atoms with van der Waals surface area (Å²) in [5.74, 6) is -15.7. The van der Waals surface area contributed by atoms with Crippen LogP contribution in [-0.2, 0) is 47.8 Å². The van der Waals surface area contributed by atoms with Gasteiger partial charge in [-0.1, -0.05) is 62.2 Å². The number of amides is 7. The van der Waals surface area contributed by atoms with Crippen LogP contribution in [0.25, 0.3) is 11.1 Å². The van der Waals surface area contributed by atoms with Gasteiger partial charge in [0.15, 0.2) is 28.8 Å². The minimum absolute atomic E-state index is 0.0450. The zero-order valence-corrected chi connectivity index (χ0v) is 66.6. The Hall–Kier alpha value is -10.0. The summed E-state index contributed by atoms with van der Waals surface area (Å²) in [5.41, 5.74) is -1.46. The topological polar surface area (TPSA) is 475 Å². The lowest BCUT2D eigenvalue weighted by Gasteiger charge is -2.54. The van der Waals surface area contributed by atoms with Gasteiger partial charge in [-0.05, 0) is 187 Å². The van der Waals surface area contributed by atoms with E-state index in [-0.39, 0.29) is 109 Å². The van der Waals surface area contributed by atoms with E-state index >= 15 is 28.8 Å². The first-order chi connectivity index (χ1) is 56.4. The van der Waals surface area contributed by atoms with E-state index in [9.17, 15) is 60.3 Å². The van der Waals surface area contributed by atoms with Crippen LogP contribution in [0.3, 0.4) is 0 Å². The Bertz CT molecular complexity index is 4770. The van der Waals surface area contributed by atoms with Crippen LogP contribution in [0, 0.1) is 47.3 Å². The average molecular weight is 1670 g/mol. The molecule has 6 aliphatic heterocycles. The van der Waals surface area contributed by atoms with Gasteiger partial charge < -0.3 is 106 Å². The predicted molar refractivity (Wildman–Crippen MR) is 424 cm³/mol. The molecule has 6 heterocycles. The van der Waals surface area contributed by atoms with Crippen LogP contribution in [-0.4, -0.2) is 182 Å². The largest absolute Gasteiger partial charge is 0.508 e. The van der Waals surface area contributed by atoms with E-state index in [1.54, 1.807) is 26.2 Å². The number of Topliss-reactive ketones (excluding diaryl/α,β-unsaturated/α-hetero) is 3. The minimum atomic E-state index is -2.23. The highest BCUT2D eigenvalue weighted by molar-refractivity contribution is 6.32. The highest BCUT2D eigenvalue weighted by Crippen LogP contribution is 2.58. The summed E-state index contributed by atoms with van der Waals surface area (Å²) in [6.45, 7) is 6.40. The molecule has 4 aliphatic carbocycles. The molecule has 1 saturated heterocycles. The van der Waals surface area contributed by atoms with Crippen LogP contribution in [0.5, 0.6) is 51.7 Å². The Labute approximate surface area is 688 Å². The van der Waals surface area contributed by atoms with E-state index in [0.29, 0.717) is 43.7 Å². The molecule has 5 fully saturated rings. The molecule has 15 bridgehead atoms. The number of methoxy groups -OCH3 is 1. The molecule has 6 aromatic rings. The average Bonchev–Trinajstić information content (AvgIpc) is 0.770. The number of halogens is 2. The van der Waals surface area contributed by atoms with Crippen molar-refractivity contribution in [2.45, 2.75) is 164 Å². The molecule has 4 saturated carbocycles. The molecule has 14 atom stereocenters. The van der Waals surface area contributed by atoms with Crippen molar-refractivity contribution in [3.63, 3.8) is 0 Å². The molecule has 630 valence electrons. The molecule has 0 spiro atoms. The first kappa shape index (κ1) is 85.8. The van der Waals surface area contributed by atoms with Crippen molar-refractivity contribution in [2.75, 3.05) is 45.3 Å². The summed E-state index contributed by atoms with van der Waals surface area (Å²) in [4.78, 5) is 138. The molecule has 16 N–H and O–H groups in total. The number of anilines is 1. The van der Waals surface area contributed by atoms with Crippen molar-refractivity contribution < 1.29 is 118 Å². The van der Waals surface area contributed by atoms with Crippen molar-refractivity contribution in [3.05, 3.63) is 141 Å². The maximum atomic E-state index is 16.6. The number of hydrogen-bond donors (Lipinski definition) is 16. The number of imide groups is 1.